The van der Waals surface area contributed by atoms with Crippen molar-refractivity contribution in [1.29, 1.82) is 0 Å². The van der Waals surface area contributed by atoms with Gasteiger partial charge in [0, 0.05) is 12.7 Å². The molecule has 0 aromatic heterocycles. The summed E-state index contributed by atoms with van der Waals surface area (Å²) in [5.74, 6) is -2.09. The summed E-state index contributed by atoms with van der Waals surface area (Å²) < 4.78 is 87.4. The first-order chi connectivity index (χ1) is 17.1. The van der Waals surface area contributed by atoms with Crippen molar-refractivity contribution in [2.75, 3.05) is 25.1 Å². The van der Waals surface area contributed by atoms with Crippen LogP contribution in [0.5, 0.6) is 0 Å². The Morgan fingerprint density at radius 3 is 2.43 bits per heavy atom. The number of hydrogen-bond donors (Lipinski definition) is 0. The van der Waals surface area contributed by atoms with Gasteiger partial charge in [0.1, 0.15) is 11.4 Å². The van der Waals surface area contributed by atoms with Crippen LogP contribution in [-0.4, -0.2) is 56.2 Å². The summed E-state index contributed by atoms with van der Waals surface area (Å²) in [4.78, 5) is 13.6. The maximum Gasteiger partial charge on any atom is 0.409 e. The van der Waals surface area contributed by atoms with E-state index in [9.17, 15) is 30.8 Å². The van der Waals surface area contributed by atoms with Crippen molar-refractivity contribution in [2.24, 2.45) is 4.40 Å². The fourth-order valence-electron chi connectivity index (χ4n) is 4.80. The standard InChI is InChI=1S/C23H18Cl2F4N2O4S2/c1-37(33,34)9-19(32)31-10-21(11-31)15-3-2-12(4-13(15)8-35-21)18-7-22(36-30-18,23(27,28)29)14-5-16(24)20(26)17(25)6-14/h2-6H,7-11H2,1H3. The summed E-state index contributed by atoms with van der Waals surface area (Å²) in [5.41, 5.74) is 1.15. The molecule has 2 aromatic rings. The van der Waals surface area contributed by atoms with Crippen LogP contribution >= 0.6 is 35.1 Å². The molecule has 0 N–H and O–H groups in total. The van der Waals surface area contributed by atoms with Crippen molar-refractivity contribution in [1.82, 2.24) is 4.90 Å². The van der Waals surface area contributed by atoms with Crippen LogP contribution < -0.4 is 0 Å². The van der Waals surface area contributed by atoms with Crippen LogP contribution in [0.15, 0.2) is 34.7 Å². The highest BCUT2D eigenvalue weighted by atomic mass is 35.5. The van der Waals surface area contributed by atoms with Crippen LogP contribution in [0.3, 0.4) is 0 Å². The second kappa shape index (κ2) is 8.84. The molecule has 3 heterocycles. The monoisotopic (exact) mass is 596 g/mol. The summed E-state index contributed by atoms with van der Waals surface area (Å²) in [6, 6.07) is 6.95. The van der Waals surface area contributed by atoms with Gasteiger partial charge in [-0.3, -0.25) is 4.79 Å². The van der Waals surface area contributed by atoms with Gasteiger partial charge >= 0.3 is 6.18 Å². The molecule has 5 rings (SSSR count). The van der Waals surface area contributed by atoms with Crippen LogP contribution in [0.1, 0.15) is 28.7 Å². The van der Waals surface area contributed by atoms with Gasteiger partial charge in [0.05, 0.1) is 35.5 Å². The maximum absolute atomic E-state index is 14.4. The van der Waals surface area contributed by atoms with E-state index in [4.69, 9.17) is 27.9 Å². The number of nitrogens with zero attached hydrogens (tertiary/aromatic N) is 2. The molecule has 0 saturated carbocycles. The van der Waals surface area contributed by atoms with Gasteiger partial charge in [-0.05, 0) is 52.4 Å². The lowest BCUT2D eigenvalue weighted by Gasteiger charge is -2.47. The molecule has 3 aliphatic heterocycles. The fraction of sp³-hybridized carbons (Fsp3) is 0.391. The number of fused-ring (bicyclic) bond motifs is 2. The van der Waals surface area contributed by atoms with Gasteiger partial charge in [0.2, 0.25) is 5.91 Å². The molecule has 14 heteroatoms. The van der Waals surface area contributed by atoms with E-state index in [2.05, 4.69) is 4.40 Å². The molecule has 6 nitrogen and oxygen atoms in total. The molecule has 3 aliphatic rings. The minimum Gasteiger partial charge on any atom is -0.362 e. The SMILES string of the molecule is CS(=O)(=O)CC(=O)N1CC2(C1)OCc1cc(C3=NSC(c4cc(Cl)c(F)c(Cl)c4)(C(F)(F)F)C3)ccc12. The van der Waals surface area contributed by atoms with Gasteiger partial charge in [0.25, 0.3) is 0 Å². The quantitative estimate of drug-likeness (QED) is 0.281. The van der Waals surface area contributed by atoms with Crippen LogP contribution in [0.2, 0.25) is 10.0 Å². The highest BCUT2D eigenvalue weighted by Gasteiger charge is 2.60. The number of hydrogen-bond acceptors (Lipinski definition) is 6. The molecule has 0 radical (unpaired) electrons. The predicted molar refractivity (Wildman–Crippen MR) is 132 cm³/mol. The number of ether oxygens (including phenoxy) is 1. The van der Waals surface area contributed by atoms with E-state index in [0.717, 1.165) is 29.5 Å². The fourth-order valence-corrected chi connectivity index (χ4v) is 6.88. The molecule has 1 saturated heterocycles. The van der Waals surface area contributed by atoms with E-state index >= 15 is 0 Å². The Morgan fingerprint density at radius 2 is 1.84 bits per heavy atom. The zero-order valence-corrected chi connectivity index (χ0v) is 22.2. The lowest BCUT2D eigenvalue weighted by Crippen LogP contribution is -2.62. The molecule has 37 heavy (non-hydrogen) atoms. The van der Waals surface area contributed by atoms with Crippen molar-refractivity contribution in [3.8, 4) is 0 Å². The lowest BCUT2D eigenvalue weighted by atomic mass is 9.83. The molecule has 1 atom stereocenters. The van der Waals surface area contributed by atoms with Crippen LogP contribution in [0.4, 0.5) is 17.6 Å². The second-order valence-electron chi connectivity index (χ2n) is 9.36. The minimum absolute atomic E-state index is 0.186. The molecular weight excluding hydrogens is 579 g/mol. The molecule has 198 valence electrons. The Labute approximate surface area is 224 Å². The minimum atomic E-state index is -4.74. The number of alkyl halides is 3. The van der Waals surface area contributed by atoms with E-state index in [0.29, 0.717) is 17.5 Å². The molecule has 1 spiro atoms. The van der Waals surface area contributed by atoms with E-state index in [1.165, 1.54) is 4.90 Å². The number of sulfone groups is 1. The third-order valence-corrected chi connectivity index (χ3v) is 9.26. The van der Waals surface area contributed by atoms with Crippen molar-refractivity contribution >= 4 is 56.6 Å². The second-order valence-corrected chi connectivity index (χ2v) is 13.4. The van der Waals surface area contributed by atoms with Crippen molar-refractivity contribution < 1.29 is 35.5 Å². The summed E-state index contributed by atoms with van der Waals surface area (Å²) in [5, 5.41) is -1.02. The van der Waals surface area contributed by atoms with E-state index in [-0.39, 0.29) is 31.0 Å². The normalized spacial score (nSPS) is 22.7. The third kappa shape index (κ3) is 4.54. The van der Waals surface area contributed by atoms with E-state index in [1.807, 2.05) is 0 Å². The van der Waals surface area contributed by atoms with E-state index < -0.39 is 60.3 Å². The summed E-state index contributed by atoms with van der Waals surface area (Å²) in [7, 11) is -3.46. The number of amides is 1. The van der Waals surface area contributed by atoms with E-state index in [1.54, 1.807) is 18.2 Å². The van der Waals surface area contributed by atoms with Gasteiger partial charge in [0.15, 0.2) is 20.4 Å². The smallest absolute Gasteiger partial charge is 0.362 e. The molecule has 1 unspecified atom stereocenters. The highest BCUT2D eigenvalue weighted by molar-refractivity contribution is 7.99. The van der Waals surface area contributed by atoms with Gasteiger partial charge in [-0.15, -0.1) is 0 Å². The van der Waals surface area contributed by atoms with Gasteiger partial charge in [-0.1, -0.05) is 35.3 Å². The summed E-state index contributed by atoms with van der Waals surface area (Å²) in [6.07, 6.45) is -4.27. The average molecular weight is 597 g/mol. The van der Waals surface area contributed by atoms with Crippen molar-refractivity contribution in [2.45, 2.75) is 29.6 Å². The molecule has 2 aromatic carbocycles. The Balaban J connectivity index is 1.38. The Bertz CT molecular complexity index is 1440. The number of halogens is 6. The number of carbonyl (C=O) groups excluding carboxylic acids is 1. The third-order valence-electron chi connectivity index (χ3n) is 6.70. The first kappa shape index (κ1) is 26.7. The van der Waals surface area contributed by atoms with Gasteiger partial charge in [-0.2, -0.15) is 13.2 Å². The molecule has 0 aliphatic carbocycles. The topological polar surface area (TPSA) is 76.0 Å². The lowest BCUT2D eigenvalue weighted by molar-refractivity contribution is -0.166. The molecule has 1 fully saturated rings. The van der Waals surface area contributed by atoms with Gasteiger partial charge in [-0.25, -0.2) is 17.2 Å². The number of benzene rings is 2. The zero-order chi connectivity index (χ0) is 27.0. The Hall–Kier alpha value is -1.86. The number of carbonyl (C=O) groups is 1. The van der Waals surface area contributed by atoms with Crippen LogP contribution in [0, 0.1) is 5.82 Å². The Kier molecular flexibility index (Phi) is 6.38. The molecular formula is C23H18Cl2F4N2O4S2. The predicted octanol–water partition coefficient (Wildman–Crippen LogP) is 5.04. The summed E-state index contributed by atoms with van der Waals surface area (Å²) >= 11 is 11.9. The molecule has 0 bridgehead atoms. The Morgan fingerprint density at radius 1 is 1.19 bits per heavy atom. The largest absolute Gasteiger partial charge is 0.409 e. The summed E-state index contributed by atoms with van der Waals surface area (Å²) in [6.45, 7) is 0.562. The van der Waals surface area contributed by atoms with Crippen LogP contribution in [-0.2, 0) is 36.3 Å². The first-order valence-electron chi connectivity index (χ1n) is 10.8. The molecule has 1 amide bonds. The first-order valence-corrected chi connectivity index (χ1v) is 14.4. The van der Waals surface area contributed by atoms with Crippen molar-refractivity contribution in [3.63, 3.8) is 0 Å². The number of rotatable bonds is 4. The van der Waals surface area contributed by atoms with Crippen LogP contribution in [0.25, 0.3) is 0 Å². The van der Waals surface area contributed by atoms with Crippen molar-refractivity contribution in [3.05, 3.63) is 68.4 Å². The maximum atomic E-state index is 14.4. The highest BCUT2D eigenvalue weighted by Crippen LogP contribution is 2.57. The van der Waals surface area contributed by atoms with Gasteiger partial charge < -0.3 is 9.64 Å². The average Bonchev–Trinajstić information content (AvgIpc) is 3.37. The zero-order valence-electron chi connectivity index (χ0n) is 19.0. The number of likely N-dealkylation sites (tertiary alicyclic amines) is 1.